The van der Waals surface area contributed by atoms with E-state index < -0.39 is 11.5 Å². The van der Waals surface area contributed by atoms with Gasteiger partial charge in [-0.15, -0.1) is 0 Å². The van der Waals surface area contributed by atoms with Crippen molar-refractivity contribution in [3.63, 3.8) is 0 Å². The van der Waals surface area contributed by atoms with Gasteiger partial charge in [0.25, 0.3) is 0 Å². The molecule has 2 aliphatic rings. The maximum Gasteiger partial charge on any atom is 0.330 e. The Kier molecular flexibility index (Phi) is 0.952. The Balaban J connectivity index is 2.32. The van der Waals surface area contributed by atoms with Crippen LogP contribution in [0.25, 0.3) is 0 Å². The van der Waals surface area contributed by atoms with Gasteiger partial charge in [-0.1, -0.05) is 6.08 Å². The summed E-state index contributed by atoms with van der Waals surface area (Å²) < 4.78 is 0. The summed E-state index contributed by atoms with van der Waals surface area (Å²) in [6, 6.07) is 0. The molecule has 0 aliphatic carbocycles. The van der Waals surface area contributed by atoms with E-state index in [1.807, 2.05) is 0 Å². The summed E-state index contributed by atoms with van der Waals surface area (Å²) in [7, 11) is 0. The summed E-state index contributed by atoms with van der Waals surface area (Å²) in [6.45, 7) is 0. The molecule has 0 bridgehead atoms. The van der Waals surface area contributed by atoms with Gasteiger partial charge in [0.15, 0.2) is 5.54 Å². The van der Waals surface area contributed by atoms with Crippen LogP contribution in [0.2, 0.25) is 0 Å². The highest BCUT2D eigenvalue weighted by atomic mass is 16.4. The molecule has 1 unspecified atom stereocenters. The fraction of sp³-hybridized carbons (Fsp3) is 0.429. The van der Waals surface area contributed by atoms with Crippen LogP contribution in [0.1, 0.15) is 12.8 Å². The third-order valence-electron chi connectivity index (χ3n) is 2.28. The number of carboxylic acid groups (broad SMARTS) is 1. The van der Waals surface area contributed by atoms with Crippen molar-refractivity contribution >= 4 is 11.9 Å². The fourth-order valence-corrected chi connectivity index (χ4v) is 1.58. The molecular weight excluding hydrogens is 146 g/mol. The number of amides is 1. The maximum atomic E-state index is 10.8. The summed E-state index contributed by atoms with van der Waals surface area (Å²) in [5.41, 5.74) is -0.906. The molecule has 0 aromatic heterocycles. The molecule has 4 heteroatoms. The molecule has 0 aromatic carbocycles. The number of β-lactam (4-membered cyclic amide) rings is 1. The van der Waals surface area contributed by atoms with E-state index in [4.69, 9.17) is 5.11 Å². The Hall–Kier alpha value is -1.32. The second-order valence-corrected chi connectivity index (χ2v) is 2.87. The topological polar surface area (TPSA) is 57.6 Å². The summed E-state index contributed by atoms with van der Waals surface area (Å²) in [5, 5.41) is 8.78. The predicted octanol–water partition coefficient (Wildman–Crippen LogP) is -0.0405. The highest BCUT2D eigenvalue weighted by molar-refractivity contribution is 5.99. The molecule has 4 nitrogen and oxygen atoms in total. The lowest BCUT2D eigenvalue weighted by Crippen LogP contribution is -2.63. The zero-order valence-corrected chi connectivity index (χ0v) is 5.78. The molecule has 1 N–H and O–H groups in total. The normalized spacial score (nSPS) is 33.5. The zero-order valence-electron chi connectivity index (χ0n) is 5.78. The molecule has 2 aliphatic heterocycles. The predicted molar refractivity (Wildman–Crippen MR) is 35.6 cm³/mol. The van der Waals surface area contributed by atoms with E-state index >= 15 is 0 Å². The molecule has 11 heavy (non-hydrogen) atoms. The first-order valence-electron chi connectivity index (χ1n) is 3.39. The monoisotopic (exact) mass is 153 g/mol. The van der Waals surface area contributed by atoms with Crippen LogP contribution >= 0.6 is 0 Å². The van der Waals surface area contributed by atoms with Crippen molar-refractivity contribution in [1.29, 1.82) is 0 Å². The average molecular weight is 153 g/mol. The van der Waals surface area contributed by atoms with E-state index in [2.05, 4.69) is 0 Å². The van der Waals surface area contributed by atoms with E-state index in [1.165, 1.54) is 4.90 Å². The molecule has 1 saturated heterocycles. The van der Waals surface area contributed by atoms with Crippen LogP contribution in [0.5, 0.6) is 0 Å². The highest BCUT2D eigenvalue weighted by Crippen LogP contribution is 2.40. The molecule has 1 fully saturated rings. The third-order valence-corrected chi connectivity index (χ3v) is 2.28. The largest absolute Gasteiger partial charge is 0.479 e. The number of hydrogen-bond acceptors (Lipinski definition) is 2. The van der Waals surface area contributed by atoms with E-state index in [0.29, 0.717) is 6.42 Å². The number of nitrogens with zero attached hydrogens (tertiary/aromatic N) is 1. The molecule has 58 valence electrons. The standard InChI is InChI=1S/C7H7NO3/c9-5-4-7(6(10)11)2-1-3-8(5)7/h1,3H,2,4H2,(H,10,11). The van der Waals surface area contributed by atoms with Crippen LogP contribution in [-0.4, -0.2) is 27.4 Å². The first-order chi connectivity index (χ1) is 5.17. The number of hydrogen-bond donors (Lipinski definition) is 1. The summed E-state index contributed by atoms with van der Waals surface area (Å²) in [5.74, 6) is -0.997. The number of carbonyl (C=O) groups is 2. The van der Waals surface area contributed by atoms with Crippen LogP contribution in [0, 0.1) is 0 Å². The second-order valence-electron chi connectivity index (χ2n) is 2.87. The van der Waals surface area contributed by atoms with Crippen LogP contribution in [0.15, 0.2) is 12.3 Å². The maximum absolute atomic E-state index is 10.8. The Labute approximate surface area is 63.1 Å². The van der Waals surface area contributed by atoms with Gasteiger partial charge in [0.05, 0.1) is 6.42 Å². The highest BCUT2D eigenvalue weighted by Gasteiger charge is 2.57. The molecule has 1 amide bonds. The van der Waals surface area contributed by atoms with Gasteiger partial charge < -0.3 is 10.0 Å². The van der Waals surface area contributed by atoms with Gasteiger partial charge in [-0.2, -0.15) is 0 Å². The lowest BCUT2D eigenvalue weighted by Gasteiger charge is -2.42. The van der Waals surface area contributed by atoms with Crippen molar-refractivity contribution < 1.29 is 14.7 Å². The molecule has 0 radical (unpaired) electrons. The minimum atomic E-state index is -0.906. The van der Waals surface area contributed by atoms with Gasteiger partial charge in [0, 0.05) is 12.6 Å². The summed E-state index contributed by atoms with van der Waals surface area (Å²) in [6.07, 6.45) is 3.88. The van der Waals surface area contributed by atoms with E-state index in [9.17, 15) is 9.59 Å². The number of carboxylic acids is 1. The van der Waals surface area contributed by atoms with Gasteiger partial charge in [0.1, 0.15) is 0 Å². The Morgan fingerprint density at radius 3 is 2.91 bits per heavy atom. The average Bonchev–Trinajstić information content (AvgIpc) is 2.26. The van der Waals surface area contributed by atoms with Gasteiger partial charge >= 0.3 is 5.97 Å². The minimum absolute atomic E-state index is 0.0962. The number of carbonyl (C=O) groups excluding carboxylic acids is 1. The molecule has 2 heterocycles. The Bertz CT molecular complexity index is 271. The van der Waals surface area contributed by atoms with Crippen LogP contribution in [0.4, 0.5) is 0 Å². The van der Waals surface area contributed by atoms with Crippen molar-refractivity contribution in [2.75, 3.05) is 0 Å². The zero-order chi connectivity index (χ0) is 8.06. The van der Waals surface area contributed by atoms with E-state index in [0.717, 1.165) is 0 Å². The van der Waals surface area contributed by atoms with Crippen molar-refractivity contribution in [3.05, 3.63) is 12.3 Å². The van der Waals surface area contributed by atoms with E-state index in [-0.39, 0.29) is 12.3 Å². The SMILES string of the molecule is O=C1CC2(C(=O)O)CC=CN12. The van der Waals surface area contributed by atoms with Gasteiger partial charge in [-0.3, -0.25) is 4.79 Å². The first kappa shape index (κ1) is 6.39. The summed E-state index contributed by atoms with van der Waals surface area (Å²) in [4.78, 5) is 22.8. The lowest BCUT2D eigenvalue weighted by molar-refractivity contribution is -0.168. The first-order valence-corrected chi connectivity index (χ1v) is 3.39. The Morgan fingerprint density at radius 2 is 2.45 bits per heavy atom. The van der Waals surface area contributed by atoms with Crippen LogP contribution < -0.4 is 0 Å². The van der Waals surface area contributed by atoms with Crippen molar-refractivity contribution in [3.8, 4) is 0 Å². The van der Waals surface area contributed by atoms with Crippen molar-refractivity contribution in [1.82, 2.24) is 4.90 Å². The van der Waals surface area contributed by atoms with Gasteiger partial charge in [-0.05, 0) is 0 Å². The quantitative estimate of drug-likeness (QED) is 0.538. The molecule has 0 saturated carbocycles. The van der Waals surface area contributed by atoms with Gasteiger partial charge in [-0.25, -0.2) is 4.79 Å². The Morgan fingerprint density at radius 1 is 1.73 bits per heavy atom. The van der Waals surface area contributed by atoms with Crippen molar-refractivity contribution in [2.45, 2.75) is 18.4 Å². The molecule has 2 rings (SSSR count). The minimum Gasteiger partial charge on any atom is -0.479 e. The molecule has 0 aromatic rings. The smallest absolute Gasteiger partial charge is 0.330 e. The molecule has 1 atom stereocenters. The number of fused-ring (bicyclic) bond motifs is 1. The molecule has 0 spiro atoms. The van der Waals surface area contributed by atoms with Crippen molar-refractivity contribution in [2.24, 2.45) is 0 Å². The lowest BCUT2D eigenvalue weighted by atomic mass is 9.84. The third kappa shape index (κ3) is 0.544. The van der Waals surface area contributed by atoms with E-state index in [1.54, 1.807) is 12.3 Å². The van der Waals surface area contributed by atoms with Gasteiger partial charge in [0.2, 0.25) is 5.91 Å². The second kappa shape index (κ2) is 1.64. The summed E-state index contributed by atoms with van der Waals surface area (Å²) >= 11 is 0. The number of rotatable bonds is 1. The van der Waals surface area contributed by atoms with Crippen LogP contribution in [0.3, 0.4) is 0 Å². The fourth-order valence-electron chi connectivity index (χ4n) is 1.58. The number of aliphatic carboxylic acids is 1. The molecular formula is C7H7NO3. The van der Waals surface area contributed by atoms with Crippen LogP contribution in [-0.2, 0) is 9.59 Å².